The van der Waals surface area contributed by atoms with Crippen LogP contribution < -0.4 is 4.90 Å². The van der Waals surface area contributed by atoms with Crippen molar-refractivity contribution < 1.29 is 0 Å². The molecule has 0 spiro atoms. The van der Waals surface area contributed by atoms with E-state index in [9.17, 15) is 0 Å². The molecule has 1 nitrogen and oxygen atoms in total. The van der Waals surface area contributed by atoms with Crippen LogP contribution in [0.25, 0.3) is 54.2 Å². The van der Waals surface area contributed by atoms with Crippen LogP contribution in [0.3, 0.4) is 0 Å². The Balaban J connectivity index is 1.28. The van der Waals surface area contributed by atoms with Crippen molar-refractivity contribution in [2.75, 3.05) is 4.90 Å². The number of hydrogen-bond acceptors (Lipinski definition) is 1. The van der Waals surface area contributed by atoms with Crippen molar-refractivity contribution in [3.8, 4) is 11.1 Å². The van der Waals surface area contributed by atoms with E-state index in [-0.39, 0.29) is 5.41 Å². The van der Waals surface area contributed by atoms with Crippen LogP contribution in [0.5, 0.6) is 0 Å². The standard InChI is InChI=1S/C43H31N/c1-43(2)41-15-9-8-14-36(41)40-24-31-19-18-30-21-23-34(26-38(30)39(31)27-42(40)43)44(32-11-4-3-5-12-32)33-22-20-29-17-16-28-10-6-7-13-35(28)37(29)25-33/h3-27H,1-2H3. The van der Waals surface area contributed by atoms with Crippen LogP contribution in [0, 0.1) is 0 Å². The van der Waals surface area contributed by atoms with Gasteiger partial charge in [-0.05, 0) is 114 Å². The van der Waals surface area contributed by atoms with Gasteiger partial charge in [0.25, 0.3) is 0 Å². The van der Waals surface area contributed by atoms with E-state index in [0.717, 1.165) is 17.1 Å². The molecule has 8 aromatic rings. The molecule has 0 aromatic heterocycles. The normalized spacial score (nSPS) is 13.4. The van der Waals surface area contributed by atoms with Gasteiger partial charge < -0.3 is 4.90 Å². The highest BCUT2D eigenvalue weighted by Crippen LogP contribution is 2.50. The van der Waals surface area contributed by atoms with E-state index in [0.29, 0.717) is 0 Å². The van der Waals surface area contributed by atoms with Crippen LogP contribution in [0.15, 0.2) is 152 Å². The monoisotopic (exact) mass is 561 g/mol. The number of fused-ring (bicyclic) bond motifs is 9. The molecule has 208 valence electrons. The molecule has 0 fully saturated rings. The summed E-state index contributed by atoms with van der Waals surface area (Å²) in [5.41, 5.74) is 8.95. The van der Waals surface area contributed by atoms with E-state index in [2.05, 4.69) is 170 Å². The van der Waals surface area contributed by atoms with Crippen LogP contribution >= 0.6 is 0 Å². The first-order chi connectivity index (χ1) is 21.6. The SMILES string of the molecule is CC1(C)c2ccccc2-c2cc3ccc4ccc(N(c5ccccc5)c5ccc6ccc7ccccc7c6c5)cc4c3cc21. The summed E-state index contributed by atoms with van der Waals surface area (Å²) in [4.78, 5) is 2.40. The molecule has 0 heterocycles. The first-order valence-corrected chi connectivity index (χ1v) is 15.4. The van der Waals surface area contributed by atoms with Gasteiger partial charge in [-0.1, -0.05) is 117 Å². The Bertz CT molecular complexity index is 2420. The summed E-state index contributed by atoms with van der Waals surface area (Å²) in [5.74, 6) is 0. The van der Waals surface area contributed by atoms with Gasteiger partial charge >= 0.3 is 0 Å². The Morgan fingerprint density at radius 3 is 1.66 bits per heavy atom. The van der Waals surface area contributed by atoms with Gasteiger partial charge in [0.1, 0.15) is 0 Å². The molecule has 1 aliphatic carbocycles. The van der Waals surface area contributed by atoms with Gasteiger partial charge in [-0.2, -0.15) is 0 Å². The van der Waals surface area contributed by atoms with Crippen LogP contribution in [0.4, 0.5) is 17.1 Å². The van der Waals surface area contributed by atoms with E-state index < -0.39 is 0 Å². The maximum absolute atomic E-state index is 2.46. The van der Waals surface area contributed by atoms with Crippen molar-refractivity contribution in [1.29, 1.82) is 0 Å². The fourth-order valence-corrected chi connectivity index (χ4v) is 7.53. The number of hydrogen-bond donors (Lipinski definition) is 0. The number of nitrogens with zero attached hydrogens (tertiary/aromatic N) is 1. The van der Waals surface area contributed by atoms with Crippen LogP contribution in [0.1, 0.15) is 25.0 Å². The van der Waals surface area contributed by atoms with Crippen LogP contribution in [0.2, 0.25) is 0 Å². The van der Waals surface area contributed by atoms with E-state index >= 15 is 0 Å². The molecule has 0 amide bonds. The minimum atomic E-state index is -0.0379. The van der Waals surface area contributed by atoms with Crippen molar-refractivity contribution in [2.45, 2.75) is 19.3 Å². The zero-order valence-electron chi connectivity index (χ0n) is 24.9. The van der Waals surface area contributed by atoms with Gasteiger partial charge in [-0.15, -0.1) is 0 Å². The third kappa shape index (κ3) is 3.66. The predicted octanol–water partition coefficient (Wildman–Crippen LogP) is 12.1. The molecule has 1 heteroatoms. The minimum absolute atomic E-state index is 0.0379. The molecule has 1 aliphatic rings. The average molecular weight is 562 g/mol. The van der Waals surface area contributed by atoms with Crippen LogP contribution in [-0.2, 0) is 5.41 Å². The molecule has 0 unspecified atom stereocenters. The fraction of sp³-hybridized carbons (Fsp3) is 0.0698. The number of rotatable bonds is 3. The minimum Gasteiger partial charge on any atom is -0.310 e. The Morgan fingerprint density at radius 1 is 0.364 bits per heavy atom. The van der Waals surface area contributed by atoms with Gasteiger partial charge in [0.05, 0.1) is 0 Å². The second-order valence-electron chi connectivity index (χ2n) is 12.6. The lowest BCUT2D eigenvalue weighted by Gasteiger charge is -2.26. The third-order valence-corrected chi connectivity index (χ3v) is 9.78. The molecule has 44 heavy (non-hydrogen) atoms. The first kappa shape index (κ1) is 25.1. The zero-order chi connectivity index (χ0) is 29.4. The summed E-state index contributed by atoms with van der Waals surface area (Å²) in [6, 6.07) is 56.0. The second-order valence-corrected chi connectivity index (χ2v) is 12.6. The lowest BCUT2D eigenvalue weighted by atomic mass is 9.81. The topological polar surface area (TPSA) is 3.24 Å². The molecule has 0 radical (unpaired) electrons. The van der Waals surface area contributed by atoms with Crippen molar-refractivity contribution in [1.82, 2.24) is 0 Å². The Morgan fingerprint density at radius 2 is 0.909 bits per heavy atom. The lowest BCUT2D eigenvalue weighted by molar-refractivity contribution is 0.661. The van der Waals surface area contributed by atoms with Gasteiger partial charge in [0, 0.05) is 22.5 Å². The first-order valence-electron chi connectivity index (χ1n) is 15.4. The van der Waals surface area contributed by atoms with Crippen molar-refractivity contribution in [3.63, 3.8) is 0 Å². The number of anilines is 3. The highest BCUT2D eigenvalue weighted by Gasteiger charge is 2.35. The van der Waals surface area contributed by atoms with Gasteiger partial charge in [-0.25, -0.2) is 0 Å². The van der Waals surface area contributed by atoms with E-state index in [1.807, 2.05) is 0 Å². The molecular weight excluding hydrogens is 530 g/mol. The summed E-state index contributed by atoms with van der Waals surface area (Å²) in [5, 5.41) is 10.2. The van der Waals surface area contributed by atoms with E-state index in [4.69, 9.17) is 0 Å². The van der Waals surface area contributed by atoms with Crippen molar-refractivity contribution in [2.24, 2.45) is 0 Å². The van der Waals surface area contributed by atoms with E-state index in [1.54, 1.807) is 0 Å². The molecule has 0 aliphatic heterocycles. The summed E-state index contributed by atoms with van der Waals surface area (Å²) < 4.78 is 0. The molecule has 0 bridgehead atoms. The average Bonchev–Trinajstić information content (AvgIpc) is 3.30. The smallest absolute Gasteiger partial charge is 0.0468 e. The highest BCUT2D eigenvalue weighted by atomic mass is 15.1. The lowest BCUT2D eigenvalue weighted by Crippen LogP contribution is -2.14. The number of benzene rings is 8. The quantitative estimate of drug-likeness (QED) is 0.194. The Kier molecular flexibility index (Phi) is 5.31. The fourth-order valence-electron chi connectivity index (χ4n) is 7.53. The van der Waals surface area contributed by atoms with Gasteiger partial charge in [-0.3, -0.25) is 0 Å². The molecular formula is C43H31N. The molecule has 9 rings (SSSR count). The second kappa shape index (κ2) is 9.30. The van der Waals surface area contributed by atoms with E-state index in [1.165, 1.54) is 65.3 Å². The molecule has 0 saturated carbocycles. The highest BCUT2D eigenvalue weighted by molar-refractivity contribution is 6.12. The van der Waals surface area contributed by atoms with Gasteiger partial charge in [0.15, 0.2) is 0 Å². The predicted molar refractivity (Wildman–Crippen MR) is 189 cm³/mol. The molecule has 8 aromatic carbocycles. The van der Waals surface area contributed by atoms with Gasteiger partial charge in [0.2, 0.25) is 0 Å². The Labute approximate surface area is 257 Å². The summed E-state index contributed by atoms with van der Waals surface area (Å²) in [6.07, 6.45) is 0. The molecule has 0 N–H and O–H groups in total. The number of para-hydroxylation sites is 1. The van der Waals surface area contributed by atoms with Crippen molar-refractivity contribution >= 4 is 60.2 Å². The maximum atomic E-state index is 2.46. The largest absolute Gasteiger partial charge is 0.310 e. The summed E-state index contributed by atoms with van der Waals surface area (Å²) >= 11 is 0. The summed E-state index contributed by atoms with van der Waals surface area (Å²) in [7, 11) is 0. The molecule has 0 saturated heterocycles. The zero-order valence-corrected chi connectivity index (χ0v) is 24.9. The van der Waals surface area contributed by atoms with Crippen molar-refractivity contribution in [3.05, 3.63) is 163 Å². The maximum Gasteiger partial charge on any atom is 0.0468 e. The molecule has 0 atom stereocenters. The Hall–Kier alpha value is -5.40. The van der Waals surface area contributed by atoms with Crippen LogP contribution in [-0.4, -0.2) is 0 Å². The summed E-state index contributed by atoms with van der Waals surface area (Å²) in [6.45, 7) is 4.72. The third-order valence-electron chi connectivity index (χ3n) is 9.78.